The molecule has 0 aliphatic carbocycles. The summed E-state index contributed by atoms with van der Waals surface area (Å²) < 4.78 is 32.5. The largest absolute Gasteiger partial charge is 0.484 e. The van der Waals surface area contributed by atoms with Gasteiger partial charge in [0.25, 0.3) is 5.91 Å². The molecule has 0 radical (unpaired) electrons. The van der Waals surface area contributed by atoms with Crippen LogP contribution in [0.1, 0.15) is 39.7 Å². The summed E-state index contributed by atoms with van der Waals surface area (Å²) in [4.78, 5) is 11.9. The number of carbonyl (C=O) groups is 1. The highest BCUT2D eigenvalue weighted by molar-refractivity contribution is 7.89. The lowest BCUT2D eigenvalue weighted by Gasteiger charge is -2.14. The first kappa shape index (κ1) is 20.4. The van der Waals surface area contributed by atoms with E-state index in [0.29, 0.717) is 17.9 Å². The number of carbonyl (C=O) groups excluding carboxylic acids is 1. The first-order valence-electron chi connectivity index (χ1n) is 8.18. The highest BCUT2D eigenvalue weighted by Crippen LogP contribution is 2.21. The Bertz CT molecular complexity index is 657. The maximum atomic E-state index is 12.2. The van der Waals surface area contributed by atoms with Gasteiger partial charge in [-0.3, -0.25) is 4.79 Å². The number of hydrogen-bond donors (Lipinski definition) is 2. The van der Waals surface area contributed by atoms with Crippen LogP contribution in [0.25, 0.3) is 0 Å². The minimum absolute atomic E-state index is 0.0944. The molecule has 0 unspecified atom stereocenters. The third kappa shape index (κ3) is 6.49. The summed E-state index contributed by atoms with van der Waals surface area (Å²) >= 11 is 0. The van der Waals surface area contributed by atoms with Crippen molar-refractivity contribution in [3.05, 3.63) is 23.8 Å². The van der Waals surface area contributed by atoms with Gasteiger partial charge in [-0.15, -0.1) is 0 Å². The molecule has 0 bridgehead atoms. The van der Waals surface area contributed by atoms with Gasteiger partial charge in [0.2, 0.25) is 10.0 Å². The fraction of sp³-hybridized carbons (Fsp3) is 0.588. The molecule has 1 atom stereocenters. The van der Waals surface area contributed by atoms with Gasteiger partial charge in [0.1, 0.15) is 5.75 Å². The summed E-state index contributed by atoms with van der Waals surface area (Å²) in [5.41, 5.74) is 0.666. The van der Waals surface area contributed by atoms with Crippen molar-refractivity contribution in [2.24, 2.45) is 5.92 Å². The van der Waals surface area contributed by atoms with E-state index in [1.807, 2.05) is 27.7 Å². The van der Waals surface area contributed by atoms with E-state index in [9.17, 15) is 13.2 Å². The Morgan fingerprint density at radius 3 is 2.46 bits per heavy atom. The molecule has 1 amide bonds. The smallest absolute Gasteiger partial charge is 0.258 e. The zero-order chi connectivity index (χ0) is 18.3. The van der Waals surface area contributed by atoms with Gasteiger partial charge < -0.3 is 10.1 Å². The predicted octanol–water partition coefficient (Wildman–Crippen LogP) is 2.22. The van der Waals surface area contributed by atoms with E-state index >= 15 is 0 Å². The minimum atomic E-state index is -3.53. The van der Waals surface area contributed by atoms with E-state index in [0.717, 1.165) is 6.42 Å². The molecule has 24 heavy (non-hydrogen) atoms. The number of hydrogen-bond acceptors (Lipinski definition) is 4. The summed E-state index contributed by atoms with van der Waals surface area (Å²) in [6, 6.07) is 4.71. The number of benzene rings is 1. The van der Waals surface area contributed by atoms with Crippen LogP contribution >= 0.6 is 0 Å². The predicted molar refractivity (Wildman–Crippen MR) is 94.6 cm³/mol. The van der Waals surface area contributed by atoms with E-state index in [4.69, 9.17) is 4.74 Å². The van der Waals surface area contributed by atoms with Crippen LogP contribution in [0.3, 0.4) is 0 Å². The summed E-state index contributed by atoms with van der Waals surface area (Å²) in [6.45, 7) is 9.83. The molecular formula is C17H28N2O4S. The van der Waals surface area contributed by atoms with Crippen molar-refractivity contribution >= 4 is 15.9 Å². The van der Waals surface area contributed by atoms with Crippen LogP contribution in [0.2, 0.25) is 0 Å². The maximum absolute atomic E-state index is 12.2. The van der Waals surface area contributed by atoms with E-state index in [1.54, 1.807) is 19.1 Å². The molecule has 0 aliphatic heterocycles. The average molecular weight is 356 g/mol. The lowest BCUT2D eigenvalue weighted by atomic mass is 10.2. The number of ether oxygens (including phenoxy) is 1. The van der Waals surface area contributed by atoms with Crippen molar-refractivity contribution < 1.29 is 17.9 Å². The highest BCUT2D eigenvalue weighted by Gasteiger charge is 2.16. The second-order valence-corrected chi connectivity index (χ2v) is 8.11. The minimum Gasteiger partial charge on any atom is -0.484 e. The topological polar surface area (TPSA) is 84.5 Å². The van der Waals surface area contributed by atoms with Crippen LogP contribution in [0, 0.1) is 12.8 Å². The molecule has 7 heteroatoms. The van der Waals surface area contributed by atoms with E-state index in [-0.39, 0.29) is 29.4 Å². The van der Waals surface area contributed by atoms with Gasteiger partial charge in [-0.1, -0.05) is 20.8 Å². The molecule has 0 spiro atoms. The molecule has 0 aromatic heterocycles. The Labute approximate surface area is 145 Å². The molecule has 0 saturated carbocycles. The van der Waals surface area contributed by atoms with Crippen molar-refractivity contribution in [2.45, 2.75) is 52.0 Å². The monoisotopic (exact) mass is 356 g/mol. The van der Waals surface area contributed by atoms with Crippen molar-refractivity contribution in [3.63, 3.8) is 0 Å². The number of aryl methyl sites for hydroxylation is 1. The number of nitrogens with one attached hydrogen (secondary N) is 2. The first-order chi connectivity index (χ1) is 11.2. The van der Waals surface area contributed by atoms with Gasteiger partial charge in [-0.25, -0.2) is 13.1 Å². The zero-order valence-corrected chi connectivity index (χ0v) is 15.9. The Morgan fingerprint density at radius 2 is 1.92 bits per heavy atom. The highest BCUT2D eigenvalue weighted by atomic mass is 32.2. The molecular weight excluding hydrogens is 328 g/mol. The van der Waals surface area contributed by atoms with Crippen LogP contribution in [0.4, 0.5) is 0 Å². The summed E-state index contributed by atoms with van der Waals surface area (Å²) in [6.07, 6.45) is 0.848. The molecule has 1 aromatic carbocycles. The fourth-order valence-corrected chi connectivity index (χ4v) is 3.17. The van der Waals surface area contributed by atoms with Gasteiger partial charge in [0, 0.05) is 12.6 Å². The van der Waals surface area contributed by atoms with Crippen molar-refractivity contribution in [3.8, 4) is 5.75 Å². The first-order valence-corrected chi connectivity index (χ1v) is 9.66. The molecule has 0 saturated heterocycles. The Hall–Kier alpha value is -1.60. The van der Waals surface area contributed by atoms with Crippen LogP contribution in [0.15, 0.2) is 23.1 Å². The van der Waals surface area contributed by atoms with Crippen LogP contribution < -0.4 is 14.8 Å². The average Bonchev–Trinajstić information content (AvgIpc) is 2.51. The van der Waals surface area contributed by atoms with E-state index in [2.05, 4.69) is 10.0 Å². The molecule has 6 nitrogen and oxygen atoms in total. The quantitative estimate of drug-likeness (QED) is 0.710. The van der Waals surface area contributed by atoms with Gasteiger partial charge in [-0.05, 0) is 49.9 Å². The fourth-order valence-electron chi connectivity index (χ4n) is 1.87. The van der Waals surface area contributed by atoms with Crippen molar-refractivity contribution in [1.82, 2.24) is 10.0 Å². The normalized spacial score (nSPS) is 12.9. The number of sulfonamides is 1. The number of rotatable bonds is 9. The van der Waals surface area contributed by atoms with E-state index < -0.39 is 10.0 Å². The Kier molecular flexibility index (Phi) is 7.69. The van der Waals surface area contributed by atoms with Crippen molar-refractivity contribution in [2.75, 3.05) is 13.2 Å². The third-order valence-electron chi connectivity index (χ3n) is 3.52. The maximum Gasteiger partial charge on any atom is 0.258 e. The number of amides is 1. The standard InChI is InChI=1S/C17H28N2O4S/c1-6-14(5)19-17(20)11-23-16-8-7-15(9-13(16)4)24(21,22)18-10-12(2)3/h7-9,12,14,18H,6,10-11H2,1-5H3,(H,19,20)/t14-/m0/s1. The lowest BCUT2D eigenvalue weighted by Crippen LogP contribution is -2.35. The Morgan fingerprint density at radius 1 is 1.25 bits per heavy atom. The molecule has 1 rings (SSSR count). The van der Waals surface area contributed by atoms with Gasteiger partial charge in [0.05, 0.1) is 4.90 Å². The SMILES string of the molecule is CC[C@H](C)NC(=O)COc1ccc(S(=O)(=O)NCC(C)C)cc1C. The summed E-state index contributed by atoms with van der Waals surface area (Å²) in [7, 11) is -3.53. The second kappa shape index (κ2) is 9.03. The molecule has 2 N–H and O–H groups in total. The molecule has 0 fully saturated rings. The lowest BCUT2D eigenvalue weighted by molar-refractivity contribution is -0.123. The molecule has 0 aliphatic rings. The third-order valence-corrected chi connectivity index (χ3v) is 4.94. The molecule has 136 valence electrons. The zero-order valence-electron chi connectivity index (χ0n) is 15.0. The van der Waals surface area contributed by atoms with Crippen LogP contribution in [0.5, 0.6) is 5.75 Å². The summed E-state index contributed by atoms with van der Waals surface area (Å²) in [5.74, 6) is 0.531. The molecule has 1 aromatic rings. The van der Waals surface area contributed by atoms with Gasteiger partial charge in [0.15, 0.2) is 6.61 Å². The van der Waals surface area contributed by atoms with E-state index in [1.165, 1.54) is 6.07 Å². The van der Waals surface area contributed by atoms with Crippen molar-refractivity contribution in [1.29, 1.82) is 0 Å². The second-order valence-electron chi connectivity index (χ2n) is 6.34. The summed E-state index contributed by atoms with van der Waals surface area (Å²) in [5, 5.41) is 2.81. The van der Waals surface area contributed by atoms with Gasteiger partial charge in [-0.2, -0.15) is 0 Å². The van der Waals surface area contributed by atoms with Crippen LogP contribution in [-0.4, -0.2) is 33.5 Å². The van der Waals surface area contributed by atoms with Crippen LogP contribution in [-0.2, 0) is 14.8 Å². The van der Waals surface area contributed by atoms with Gasteiger partial charge >= 0.3 is 0 Å². The Balaban J connectivity index is 2.73. The molecule has 0 heterocycles.